The third-order valence-corrected chi connectivity index (χ3v) is 3.73. The highest BCUT2D eigenvalue weighted by Crippen LogP contribution is 2.38. The number of halogens is 1. The van der Waals surface area contributed by atoms with Gasteiger partial charge in [-0.1, -0.05) is 0 Å². The van der Waals surface area contributed by atoms with Crippen molar-refractivity contribution >= 4 is 24.8 Å². The minimum atomic E-state index is -4.54. The maximum atomic E-state index is 13.3. The number of ether oxygens (including phenoxy) is 1. The zero-order valence-electron chi connectivity index (χ0n) is 11.2. The number of phosphoric acid groups is 1. The first kappa shape index (κ1) is 15.3. The van der Waals surface area contributed by atoms with E-state index in [4.69, 9.17) is 20.3 Å². The molecule has 0 bridgehead atoms. The number of aromatic nitrogens is 4. The van der Waals surface area contributed by atoms with Crippen LogP contribution in [0.4, 0.5) is 10.2 Å². The number of nitrogens with two attached hydrogens (primary N) is 1. The van der Waals surface area contributed by atoms with Crippen molar-refractivity contribution in [3.05, 3.63) is 12.4 Å². The van der Waals surface area contributed by atoms with Crippen LogP contribution in [0.3, 0.4) is 0 Å². The van der Waals surface area contributed by atoms with Gasteiger partial charge in [0.2, 0.25) is 0 Å². The fourth-order valence-corrected chi connectivity index (χ4v) is 2.68. The summed E-state index contributed by atoms with van der Waals surface area (Å²) in [5.41, 5.74) is 6.04. The predicted octanol–water partition coefficient (Wildman–Crippen LogP) is 0.334. The largest absolute Gasteiger partial charge is 0.469 e. The van der Waals surface area contributed by atoms with E-state index in [0.717, 1.165) is 0 Å². The van der Waals surface area contributed by atoms with Gasteiger partial charge in [0.15, 0.2) is 17.0 Å². The summed E-state index contributed by atoms with van der Waals surface area (Å²) in [6.45, 7) is -0.237. The summed E-state index contributed by atoms with van der Waals surface area (Å²) >= 11 is 0. The summed E-state index contributed by atoms with van der Waals surface area (Å²) in [6, 6.07) is 0. The molecule has 3 rings (SSSR count). The van der Waals surface area contributed by atoms with Crippen molar-refractivity contribution in [1.82, 2.24) is 19.5 Å². The maximum absolute atomic E-state index is 13.3. The first-order chi connectivity index (χ1) is 10.3. The molecule has 0 radical (unpaired) electrons. The van der Waals surface area contributed by atoms with Gasteiger partial charge in [-0.2, -0.15) is 14.4 Å². The lowest BCUT2D eigenvalue weighted by Gasteiger charge is -2.15. The van der Waals surface area contributed by atoms with Crippen molar-refractivity contribution in [2.45, 2.75) is 25.2 Å². The molecule has 22 heavy (non-hydrogen) atoms. The Balaban J connectivity index is 1.77. The molecule has 2 atom stereocenters. The fourth-order valence-electron chi connectivity index (χ4n) is 2.32. The molecule has 12 heteroatoms. The third kappa shape index (κ3) is 3.08. The van der Waals surface area contributed by atoms with Crippen LogP contribution in [-0.4, -0.2) is 42.0 Å². The van der Waals surface area contributed by atoms with Crippen LogP contribution < -0.4 is 5.73 Å². The van der Waals surface area contributed by atoms with E-state index in [1.165, 1.54) is 10.9 Å². The second-order valence-corrected chi connectivity index (χ2v) is 6.02. The quantitative estimate of drug-likeness (QED) is 0.532. The Morgan fingerprint density at radius 1 is 1.50 bits per heavy atom. The lowest BCUT2D eigenvalue weighted by atomic mass is 10.2. The monoisotopic (exact) mass is 333 g/mol. The SMILES string of the molecule is Nc1nc(F)nc2c1ncn2C1CCC(COP(=O)(O)O)O1. The van der Waals surface area contributed by atoms with E-state index < -0.39 is 26.2 Å². The minimum absolute atomic E-state index is 0.0689. The van der Waals surface area contributed by atoms with Gasteiger partial charge in [0.05, 0.1) is 19.0 Å². The maximum Gasteiger partial charge on any atom is 0.469 e. The molecule has 0 amide bonds. The molecule has 2 aromatic rings. The van der Waals surface area contributed by atoms with Crippen molar-refractivity contribution in [3.63, 3.8) is 0 Å². The highest BCUT2D eigenvalue weighted by Gasteiger charge is 2.30. The first-order valence-electron chi connectivity index (χ1n) is 6.34. The molecule has 0 saturated carbocycles. The number of anilines is 1. The van der Waals surface area contributed by atoms with Crippen molar-refractivity contribution in [2.75, 3.05) is 12.3 Å². The molecule has 120 valence electrons. The van der Waals surface area contributed by atoms with Crippen molar-refractivity contribution in [3.8, 4) is 0 Å². The van der Waals surface area contributed by atoms with Gasteiger partial charge in [-0.15, -0.1) is 0 Å². The number of phosphoric ester groups is 1. The zero-order valence-corrected chi connectivity index (χ0v) is 12.1. The molecule has 0 spiro atoms. The molecule has 3 heterocycles. The Labute approximate surface area is 123 Å². The number of imidazole rings is 1. The van der Waals surface area contributed by atoms with Gasteiger partial charge >= 0.3 is 13.9 Å². The molecule has 4 N–H and O–H groups in total. The van der Waals surface area contributed by atoms with Gasteiger partial charge in [0.25, 0.3) is 0 Å². The van der Waals surface area contributed by atoms with Gasteiger partial charge < -0.3 is 20.3 Å². The molecule has 1 aliphatic rings. The lowest BCUT2D eigenvalue weighted by Crippen LogP contribution is -2.16. The molecule has 10 nitrogen and oxygen atoms in total. The number of hydrogen-bond donors (Lipinski definition) is 3. The highest BCUT2D eigenvalue weighted by atomic mass is 31.2. The molecule has 1 saturated heterocycles. The van der Waals surface area contributed by atoms with Gasteiger partial charge in [-0.05, 0) is 12.8 Å². The van der Waals surface area contributed by atoms with E-state index in [9.17, 15) is 8.96 Å². The van der Waals surface area contributed by atoms with Crippen molar-refractivity contribution in [2.24, 2.45) is 0 Å². The van der Waals surface area contributed by atoms with Crippen LogP contribution in [0.15, 0.2) is 6.33 Å². The van der Waals surface area contributed by atoms with Crippen molar-refractivity contribution in [1.29, 1.82) is 0 Å². The number of nitrogens with zero attached hydrogens (tertiary/aromatic N) is 4. The summed E-state index contributed by atoms with van der Waals surface area (Å²) < 4.78 is 35.5. The normalized spacial score (nSPS) is 22.5. The van der Waals surface area contributed by atoms with E-state index in [1.807, 2.05) is 0 Å². The van der Waals surface area contributed by atoms with Gasteiger partial charge in [0.1, 0.15) is 6.23 Å². The Kier molecular flexibility index (Phi) is 3.83. The first-order valence-corrected chi connectivity index (χ1v) is 7.87. The second kappa shape index (κ2) is 5.52. The summed E-state index contributed by atoms with van der Waals surface area (Å²) in [4.78, 5) is 28.4. The van der Waals surface area contributed by atoms with Crippen LogP contribution >= 0.6 is 7.82 Å². The Bertz CT molecular complexity index is 749. The topological polar surface area (TPSA) is 146 Å². The summed E-state index contributed by atoms with van der Waals surface area (Å²) in [7, 11) is -4.54. The average Bonchev–Trinajstić information content (AvgIpc) is 3.01. The average molecular weight is 333 g/mol. The standard InChI is InChI=1S/C10H13FN5O5P/c11-10-14-8(12)7-9(15-10)16(4-13-7)6-2-1-5(21-6)3-20-22(17,18)19/h4-6H,1-3H2,(H2,12,14,15)(H2,17,18,19). The van der Waals surface area contributed by atoms with E-state index in [1.54, 1.807) is 0 Å². The minimum Gasteiger partial charge on any atom is -0.382 e. The number of rotatable bonds is 4. The number of hydrogen-bond acceptors (Lipinski definition) is 7. The molecule has 0 aromatic carbocycles. The molecular formula is C10H13FN5O5P. The third-order valence-electron chi connectivity index (χ3n) is 3.25. The van der Waals surface area contributed by atoms with E-state index in [2.05, 4.69) is 19.5 Å². The van der Waals surface area contributed by atoms with Crippen LogP contribution in [-0.2, 0) is 13.8 Å². The second-order valence-electron chi connectivity index (χ2n) is 4.78. The fraction of sp³-hybridized carbons (Fsp3) is 0.500. The van der Waals surface area contributed by atoms with E-state index >= 15 is 0 Å². The Morgan fingerprint density at radius 3 is 3.00 bits per heavy atom. The van der Waals surface area contributed by atoms with Crippen molar-refractivity contribution < 1.29 is 28.0 Å². The van der Waals surface area contributed by atoms with Crippen LogP contribution in [0, 0.1) is 6.08 Å². The van der Waals surface area contributed by atoms with Crippen LogP contribution in [0.2, 0.25) is 0 Å². The van der Waals surface area contributed by atoms with Crippen LogP contribution in [0.1, 0.15) is 19.1 Å². The van der Waals surface area contributed by atoms with Gasteiger partial charge in [-0.25, -0.2) is 9.55 Å². The molecule has 2 aromatic heterocycles. The zero-order chi connectivity index (χ0) is 15.9. The predicted molar refractivity (Wildman–Crippen MR) is 70.8 cm³/mol. The smallest absolute Gasteiger partial charge is 0.382 e. The van der Waals surface area contributed by atoms with E-state index in [0.29, 0.717) is 12.8 Å². The Morgan fingerprint density at radius 2 is 2.27 bits per heavy atom. The molecule has 1 aliphatic heterocycles. The Hall–Kier alpha value is -1.65. The summed E-state index contributed by atoms with van der Waals surface area (Å²) in [5.74, 6) is -0.0689. The molecular weight excluding hydrogens is 320 g/mol. The highest BCUT2D eigenvalue weighted by molar-refractivity contribution is 7.46. The molecule has 1 fully saturated rings. The summed E-state index contributed by atoms with van der Waals surface area (Å²) in [6.07, 6.45) is 0.514. The number of fused-ring (bicyclic) bond motifs is 1. The molecule has 0 aliphatic carbocycles. The van der Waals surface area contributed by atoms with Crippen LogP contribution in [0.5, 0.6) is 0 Å². The lowest BCUT2D eigenvalue weighted by molar-refractivity contribution is -0.0205. The molecule has 2 unspecified atom stereocenters. The number of nitrogen functional groups attached to an aromatic ring is 1. The van der Waals surface area contributed by atoms with Crippen LogP contribution in [0.25, 0.3) is 11.2 Å². The van der Waals surface area contributed by atoms with Gasteiger partial charge in [0, 0.05) is 0 Å². The van der Waals surface area contributed by atoms with E-state index in [-0.39, 0.29) is 23.6 Å². The summed E-state index contributed by atoms with van der Waals surface area (Å²) in [5, 5.41) is 0. The van der Waals surface area contributed by atoms with Gasteiger partial charge in [-0.3, -0.25) is 9.09 Å².